The van der Waals surface area contributed by atoms with Crippen molar-refractivity contribution >= 4 is 11.7 Å². The van der Waals surface area contributed by atoms with Crippen LogP contribution in [0.2, 0.25) is 0 Å². The van der Waals surface area contributed by atoms with Gasteiger partial charge in [0.1, 0.15) is 0 Å². The van der Waals surface area contributed by atoms with Gasteiger partial charge in [-0.05, 0) is 49.3 Å². The number of anilines is 1. The average Bonchev–Trinajstić information content (AvgIpc) is 2.83. The summed E-state index contributed by atoms with van der Waals surface area (Å²) in [5.74, 6) is -0.120. The number of aryl methyl sites for hydroxylation is 1. The summed E-state index contributed by atoms with van der Waals surface area (Å²) < 4.78 is 0. The fourth-order valence-electron chi connectivity index (χ4n) is 2.85. The Morgan fingerprint density at radius 1 is 1.37 bits per heavy atom. The van der Waals surface area contributed by atoms with Crippen molar-refractivity contribution in [1.29, 1.82) is 0 Å². The Balaban J connectivity index is 2.06. The third-order valence-corrected chi connectivity index (χ3v) is 4.01. The number of carboxylic acids is 1. The quantitative estimate of drug-likeness (QED) is 0.763. The first-order chi connectivity index (χ1) is 9.11. The van der Waals surface area contributed by atoms with Crippen LogP contribution in [0.4, 0.5) is 5.69 Å². The van der Waals surface area contributed by atoms with E-state index in [4.69, 9.17) is 5.11 Å². The number of aliphatic hydroxyl groups excluding tert-OH is 1. The molecule has 0 amide bonds. The largest absolute Gasteiger partial charge is 0.478 e. The summed E-state index contributed by atoms with van der Waals surface area (Å²) in [6.07, 6.45) is 3.33. The van der Waals surface area contributed by atoms with Crippen molar-refractivity contribution < 1.29 is 15.0 Å². The zero-order valence-electron chi connectivity index (χ0n) is 11.2. The first-order valence-electron chi connectivity index (χ1n) is 6.80. The number of nitrogens with one attached hydrogen (secondary N) is 1. The number of aliphatic hydroxyl groups is 1. The monoisotopic (exact) mass is 263 g/mol. The predicted octanol–water partition coefficient (Wildman–Crippen LogP) is 2.51. The molecule has 0 aromatic heterocycles. The molecule has 2 atom stereocenters. The Hall–Kier alpha value is -1.55. The molecule has 2 unspecified atom stereocenters. The molecule has 0 saturated heterocycles. The van der Waals surface area contributed by atoms with E-state index < -0.39 is 5.97 Å². The third-order valence-electron chi connectivity index (χ3n) is 4.01. The lowest BCUT2D eigenvalue weighted by Crippen LogP contribution is -2.21. The van der Waals surface area contributed by atoms with E-state index in [2.05, 4.69) is 5.32 Å². The molecule has 0 spiro atoms. The van der Waals surface area contributed by atoms with Crippen LogP contribution in [0.1, 0.15) is 35.2 Å². The molecular weight excluding hydrogens is 242 g/mol. The van der Waals surface area contributed by atoms with E-state index in [0.29, 0.717) is 23.1 Å². The molecule has 1 fully saturated rings. The van der Waals surface area contributed by atoms with Gasteiger partial charge in [0.15, 0.2) is 0 Å². The fourth-order valence-corrected chi connectivity index (χ4v) is 2.85. The molecule has 4 heteroatoms. The Kier molecular flexibility index (Phi) is 4.43. The minimum Gasteiger partial charge on any atom is -0.478 e. The van der Waals surface area contributed by atoms with Crippen LogP contribution in [0.3, 0.4) is 0 Å². The summed E-state index contributed by atoms with van der Waals surface area (Å²) in [4.78, 5) is 11.2. The number of hydrogen-bond acceptors (Lipinski definition) is 3. The molecule has 1 saturated carbocycles. The molecule has 0 radical (unpaired) electrons. The van der Waals surface area contributed by atoms with Gasteiger partial charge in [0.25, 0.3) is 0 Å². The average molecular weight is 263 g/mol. The first-order valence-corrected chi connectivity index (χ1v) is 6.80. The van der Waals surface area contributed by atoms with E-state index in [9.17, 15) is 9.90 Å². The van der Waals surface area contributed by atoms with Crippen molar-refractivity contribution in [3.05, 3.63) is 29.3 Å². The zero-order chi connectivity index (χ0) is 13.8. The van der Waals surface area contributed by atoms with E-state index in [-0.39, 0.29) is 6.61 Å². The Morgan fingerprint density at radius 3 is 2.79 bits per heavy atom. The van der Waals surface area contributed by atoms with Gasteiger partial charge < -0.3 is 15.5 Å². The number of aromatic carboxylic acids is 1. The Labute approximate surface area is 113 Å². The van der Waals surface area contributed by atoms with Crippen LogP contribution in [0, 0.1) is 18.8 Å². The second-order valence-corrected chi connectivity index (χ2v) is 5.37. The molecule has 3 N–H and O–H groups in total. The minimum absolute atomic E-state index is 0.228. The lowest BCUT2D eigenvalue weighted by Gasteiger charge is -2.19. The molecule has 0 aliphatic heterocycles. The van der Waals surface area contributed by atoms with E-state index >= 15 is 0 Å². The predicted molar refractivity (Wildman–Crippen MR) is 74.5 cm³/mol. The van der Waals surface area contributed by atoms with Gasteiger partial charge >= 0.3 is 5.97 Å². The van der Waals surface area contributed by atoms with Crippen LogP contribution in [-0.2, 0) is 0 Å². The lowest BCUT2D eigenvalue weighted by molar-refractivity contribution is 0.0698. The second kappa shape index (κ2) is 6.06. The maximum atomic E-state index is 11.2. The molecule has 0 bridgehead atoms. The molecule has 4 nitrogen and oxygen atoms in total. The number of rotatable bonds is 5. The lowest BCUT2D eigenvalue weighted by atomic mass is 9.96. The van der Waals surface area contributed by atoms with Gasteiger partial charge in [0.05, 0.1) is 5.56 Å². The van der Waals surface area contributed by atoms with Crippen LogP contribution in [0.25, 0.3) is 0 Å². The zero-order valence-corrected chi connectivity index (χ0v) is 11.2. The molecule has 1 aromatic carbocycles. The summed E-state index contributed by atoms with van der Waals surface area (Å²) in [6.45, 7) is 2.91. The molecule has 0 heterocycles. The standard InChI is InChI=1S/C15H21NO3/c1-10-5-6-13(15(18)19)14(7-10)16-8-11-3-2-4-12(11)9-17/h5-7,11-12,16-17H,2-4,8-9H2,1H3,(H,18,19). The minimum atomic E-state index is -0.910. The van der Waals surface area contributed by atoms with Crippen molar-refractivity contribution in [3.8, 4) is 0 Å². The number of carboxylic acid groups (broad SMARTS) is 1. The van der Waals surface area contributed by atoms with Gasteiger partial charge in [-0.1, -0.05) is 12.5 Å². The summed E-state index contributed by atoms with van der Waals surface area (Å²) in [6, 6.07) is 5.31. The van der Waals surface area contributed by atoms with Crippen LogP contribution in [-0.4, -0.2) is 29.3 Å². The van der Waals surface area contributed by atoms with Crippen LogP contribution in [0.15, 0.2) is 18.2 Å². The smallest absolute Gasteiger partial charge is 0.337 e. The highest BCUT2D eigenvalue weighted by atomic mass is 16.4. The molecule has 2 rings (SSSR count). The first kappa shape index (κ1) is 13.9. The fraction of sp³-hybridized carbons (Fsp3) is 0.533. The van der Waals surface area contributed by atoms with E-state index in [1.807, 2.05) is 13.0 Å². The van der Waals surface area contributed by atoms with Gasteiger partial charge in [0, 0.05) is 18.8 Å². The molecule has 104 valence electrons. The van der Waals surface area contributed by atoms with E-state index in [1.54, 1.807) is 12.1 Å². The third kappa shape index (κ3) is 3.26. The van der Waals surface area contributed by atoms with Crippen molar-refractivity contribution in [1.82, 2.24) is 0 Å². The highest BCUT2D eigenvalue weighted by Gasteiger charge is 2.26. The Morgan fingerprint density at radius 2 is 2.11 bits per heavy atom. The van der Waals surface area contributed by atoms with Crippen LogP contribution in [0.5, 0.6) is 0 Å². The van der Waals surface area contributed by atoms with Gasteiger partial charge in [-0.25, -0.2) is 4.79 Å². The summed E-state index contributed by atoms with van der Waals surface area (Å²) in [7, 11) is 0. The van der Waals surface area contributed by atoms with Gasteiger partial charge in [-0.3, -0.25) is 0 Å². The molecule has 1 aromatic rings. The van der Waals surface area contributed by atoms with Crippen molar-refractivity contribution in [3.63, 3.8) is 0 Å². The summed E-state index contributed by atoms with van der Waals surface area (Å²) in [5.41, 5.74) is 2.03. The highest BCUT2D eigenvalue weighted by Crippen LogP contribution is 2.31. The van der Waals surface area contributed by atoms with Crippen molar-refractivity contribution in [2.75, 3.05) is 18.5 Å². The summed E-state index contributed by atoms with van der Waals surface area (Å²) in [5, 5.41) is 21.7. The van der Waals surface area contributed by atoms with Gasteiger partial charge in [-0.2, -0.15) is 0 Å². The number of carbonyl (C=O) groups is 1. The number of hydrogen-bond donors (Lipinski definition) is 3. The maximum Gasteiger partial charge on any atom is 0.337 e. The highest BCUT2D eigenvalue weighted by molar-refractivity contribution is 5.94. The number of benzene rings is 1. The van der Waals surface area contributed by atoms with E-state index in [1.165, 1.54) is 0 Å². The van der Waals surface area contributed by atoms with Crippen molar-refractivity contribution in [2.45, 2.75) is 26.2 Å². The molecular formula is C15H21NO3. The molecule has 19 heavy (non-hydrogen) atoms. The Bertz CT molecular complexity index is 459. The normalized spacial score (nSPS) is 22.4. The maximum absolute atomic E-state index is 11.2. The van der Waals surface area contributed by atoms with Crippen molar-refractivity contribution in [2.24, 2.45) is 11.8 Å². The SMILES string of the molecule is Cc1ccc(C(=O)O)c(NCC2CCCC2CO)c1. The molecule has 1 aliphatic rings. The van der Waals surface area contributed by atoms with Crippen LogP contribution < -0.4 is 5.32 Å². The molecule has 1 aliphatic carbocycles. The van der Waals surface area contributed by atoms with Gasteiger partial charge in [0.2, 0.25) is 0 Å². The van der Waals surface area contributed by atoms with E-state index in [0.717, 1.165) is 31.4 Å². The summed E-state index contributed by atoms with van der Waals surface area (Å²) >= 11 is 0. The van der Waals surface area contributed by atoms with Crippen LogP contribution >= 0.6 is 0 Å². The topological polar surface area (TPSA) is 69.6 Å². The van der Waals surface area contributed by atoms with Gasteiger partial charge in [-0.15, -0.1) is 0 Å². The second-order valence-electron chi connectivity index (χ2n) is 5.37.